The van der Waals surface area contributed by atoms with Crippen LogP contribution in [0.15, 0.2) is 558 Å². The number of pyridine rings is 3. The highest BCUT2D eigenvalue weighted by atomic mass is 15.0. The van der Waals surface area contributed by atoms with Gasteiger partial charge in [0.25, 0.3) is 0 Å². The van der Waals surface area contributed by atoms with Crippen molar-refractivity contribution in [3.63, 3.8) is 0 Å². The van der Waals surface area contributed by atoms with Crippen molar-refractivity contribution in [3.8, 4) is 140 Å². The van der Waals surface area contributed by atoms with Gasteiger partial charge in [-0.2, -0.15) is 0 Å². The lowest BCUT2D eigenvalue weighted by Crippen LogP contribution is -1.94. The van der Waals surface area contributed by atoms with Crippen LogP contribution in [0.5, 0.6) is 0 Å². The average Bonchev–Trinajstić information content (AvgIpc) is 1.23. The number of para-hydroxylation sites is 6. The van der Waals surface area contributed by atoms with Crippen LogP contribution >= 0.6 is 0 Å². The molecule has 29 rings (SSSR count). The predicted octanol–water partition coefficient (Wildman–Crippen LogP) is 37.8. The van der Waals surface area contributed by atoms with E-state index in [1.165, 1.54) is 209 Å². The van der Waals surface area contributed by atoms with Crippen molar-refractivity contribution in [1.82, 2.24) is 28.7 Å². The zero-order valence-corrected chi connectivity index (χ0v) is 80.3. The summed E-state index contributed by atoms with van der Waals surface area (Å²) >= 11 is 0. The van der Waals surface area contributed by atoms with Gasteiger partial charge in [0.2, 0.25) is 0 Å². The molecule has 29 aromatic rings. The van der Waals surface area contributed by atoms with Crippen molar-refractivity contribution >= 4 is 130 Å². The summed E-state index contributed by atoms with van der Waals surface area (Å²) in [5.74, 6) is 0. The van der Waals surface area contributed by atoms with Crippen LogP contribution in [-0.4, -0.2) is 28.7 Å². The van der Waals surface area contributed by atoms with Crippen LogP contribution in [0.1, 0.15) is 0 Å². The number of benzene rings is 23. The number of aromatic nitrogens is 6. The maximum atomic E-state index is 5.19. The molecule has 0 aliphatic rings. The number of fused-ring (bicyclic) bond motifs is 18. The molecule has 0 fully saturated rings. The van der Waals surface area contributed by atoms with Gasteiger partial charge in [0.05, 0.1) is 66.7 Å². The van der Waals surface area contributed by atoms with Crippen molar-refractivity contribution in [2.24, 2.45) is 0 Å². The van der Waals surface area contributed by atoms with Crippen molar-refractivity contribution in [1.29, 1.82) is 0 Å². The largest absolute Gasteiger partial charge is 0.309 e. The molecule has 0 unspecified atom stereocenters. The lowest BCUT2D eigenvalue weighted by atomic mass is 9.94. The molecular formula is C141H92N6. The molecule has 686 valence electrons. The maximum absolute atomic E-state index is 5.19. The first-order valence-corrected chi connectivity index (χ1v) is 50.3. The van der Waals surface area contributed by atoms with E-state index in [0.717, 1.165) is 61.7 Å². The van der Waals surface area contributed by atoms with Crippen LogP contribution in [0.2, 0.25) is 0 Å². The van der Waals surface area contributed by atoms with Crippen molar-refractivity contribution in [2.45, 2.75) is 0 Å². The van der Waals surface area contributed by atoms with Crippen molar-refractivity contribution in [2.75, 3.05) is 0 Å². The summed E-state index contributed by atoms with van der Waals surface area (Å²) in [7, 11) is 0. The van der Waals surface area contributed by atoms with Crippen molar-refractivity contribution in [3.05, 3.63) is 558 Å². The molecule has 0 N–H and O–H groups in total. The minimum atomic E-state index is 0.974. The second-order valence-corrected chi connectivity index (χ2v) is 37.9. The summed E-state index contributed by atoms with van der Waals surface area (Å²) in [6.07, 6.45) is 0. The normalized spacial score (nSPS) is 11.5. The molecule has 0 aliphatic heterocycles. The Hall–Kier alpha value is -19.5. The van der Waals surface area contributed by atoms with Crippen LogP contribution in [0.4, 0.5) is 0 Å². The molecule has 6 aromatic heterocycles. The first-order valence-electron chi connectivity index (χ1n) is 50.3. The van der Waals surface area contributed by atoms with Gasteiger partial charge in [-0.25, -0.2) is 15.0 Å². The molecular weight excluding hydrogens is 1780 g/mol. The molecule has 0 atom stereocenters. The summed E-state index contributed by atoms with van der Waals surface area (Å²) in [5.41, 5.74) is 39.2. The van der Waals surface area contributed by atoms with E-state index < -0.39 is 0 Å². The molecule has 6 heteroatoms. The van der Waals surface area contributed by atoms with E-state index in [4.69, 9.17) is 15.0 Å². The third kappa shape index (κ3) is 16.0. The van der Waals surface area contributed by atoms with Crippen LogP contribution in [-0.2, 0) is 0 Å². The Balaban J connectivity index is 0.000000109. The molecule has 0 saturated carbocycles. The second kappa shape index (κ2) is 37.2. The second-order valence-electron chi connectivity index (χ2n) is 37.9. The van der Waals surface area contributed by atoms with Crippen LogP contribution in [0.3, 0.4) is 0 Å². The highest BCUT2D eigenvalue weighted by Crippen LogP contribution is 2.46. The minimum Gasteiger partial charge on any atom is -0.309 e. The molecule has 0 bridgehead atoms. The zero-order chi connectivity index (χ0) is 97.2. The summed E-state index contributed by atoms with van der Waals surface area (Å²) in [6.45, 7) is 0. The van der Waals surface area contributed by atoms with Gasteiger partial charge in [0, 0.05) is 82.2 Å². The fourth-order valence-electron chi connectivity index (χ4n) is 22.2. The van der Waals surface area contributed by atoms with Gasteiger partial charge in [-0.1, -0.05) is 443 Å². The van der Waals surface area contributed by atoms with E-state index in [-0.39, 0.29) is 0 Å². The fraction of sp³-hybridized carbons (Fsp3) is 0. The quantitative estimate of drug-likeness (QED) is 0.102. The molecule has 0 amide bonds. The van der Waals surface area contributed by atoms with Crippen LogP contribution in [0.25, 0.3) is 270 Å². The van der Waals surface area contributed by atoms with E-state index in [1.54, 1.807) is 0 Å². The predicted molar refractivity (Wildman–Crippen MR) is 621 cm³/mol. The first kappa shape index (κ1) is 86.6. The van der Waals surface area contributed by atoms with Gasteiger partial charge >= 0.3 is 0 Å². The third-order valence-corrected chi connectivity index (χ3v) is 29.4. The Labute approximate surface area is 850 Å². The van der Waals surface area contributed by atoms with Gasteiger partial charge < -0.3 is 13.7 Å². The Morgan fingerprint density at radius 3 is 0.680 bits per heavy atom. The van der Waals surface area contributed by atoms with Gasteiger partial charge in [-0.3, -0.25) is 0 Å². The van der Waals surface area contributed by atoms with E-state index in [2.05, 4.69) is 572 Å². The number of rotatable bonds is 14. The SMILES string of the molecule is c1ccc(-c2cc(-c3ccc(-c4ccc(-c5ccc6c(c5)c5ccccc5n6-c5ccccc5)cc4)cc3)nc3ccc4ccccc4c23)cc1.c1ccc(-c2cc(-c3ccc(-c4ccc(-c5cccc(-n6c7ccccc7c7ccccc76)c5)cc4)cc3)nc3ccc4ccccc4c23)cc1.c1ccc(-c2cc(-c3ccc(-c4ccc(-n5c6ccccc6c6ccccc65)cc4)cc3)nc3ccc4ccccc4c23)cc1. The monoisotopic (exact) mass is 1870 g/mol. The molecule has 6 heterocycles. The summed E-state index contributed by atoms with van der Waals surface area (Å²) in [4.78, 5) is 15.5. The Kier molecular flexibility index (Phi) is 21.9. The molecule has 0 spiro atoms. The topological polar surface area (TPSA) is 53.5 Å². The van der Waals surface area contributed by atoms with E-state index in [1.807, 2.05) is 0 Å². The van der Waals surface area contributed by atoms with E-state index in [0.29, 0.717) is 0 Å². The molecule has 147 heavy (non-hydrogen) atoms. The number of hydrogen-bond donors (Lipinski definition) is 0. The molecule has 23 aromatic carbocycles. The van der Waals surface area contributed by atoms with Crippen molar-refractivity contribution < 1.29 is 0 Å². The minimum absolute atomic E-state index is 0.974. The van der Waals surface area contributed by atoms with Gasteiger partial charge in [-0.05, 0) is 237 Å². The fourth-order valence-corrected chi connectivity index (χ4v) is 22.2. The molecule has 0 aliphatic carbocycles. The summed E-state index contributed by atoms with van der Waals surface area (Å²) in [6, 6.07) is 200. The summed E-state index contributed by atoms with van der Waals surface area (Å²) < 4.78 is 7.09. The Morgan fingerprint density at radius 1 is 0.122 bits per heavy atom. The van der Waals surface area contributed by atoms with E-state index in [9.17, 15) is 0 Å². The Bertz CT molecular complexity index is 9990. The van der Waals surface area contributed by atoms with Gasteiger partial charge in [0.15, 0.2) is 0 Å². The average molecular weight is 1870 g/mol. The van der Waals surface area contributed by atoms with E-state index >= 15 is 0 Å². The molecule has 6 nitrogen and oxygen atoms in total. The lowest BCUT2D eigenvalue weighted by Gasteiger charge is -2.13. The molecule has 0 radical (unpaired) electrons. The highest BCUT2D eigenvalue weighted by molar-refractivity contribution is 6.18. The smallest absolute Gasteiger partial charge is 0.0722 e. The highest BCUT2D eigenvalue weighted by Gasteiger charge is 2.22. The third-order valence-electron chi connectivity index (χ3n) is 29.4. The zero-order valence-electron chi connectivity index (χ0n) is 80.3. The first-order chi connectivity index (χ1) is 72.9. The summed E-state index contributed by atoms with van der Waals surface area (Å²) in [5, 5.41) is 18.6. The lowest BCUT2D eigenvalue weighted by molar-refractivity contribution is 1.18. The molecule has 0 saturated heterocycles. The number of hydrogen-bond acceptors (Lipinski definition) is 3. The van der Waals surface area contributed by atoms with Gasteiger partial charge in [0.1, 0.15) is 0 Å². The Morgan fingerprint density at radius 2 is 0.347 bits per heavy atom. The maximum Gasteiger partial charge on any atom is 0.0722 e. The number of nitrogens with zero attached hydrogens (tertiary/aromatic N) is 6. The van der Waals surface area contributed by atoms with Gasteiger partial charge in [-0.15, -0.1) is 0 Å². The van der Waals surface area contributed by atoms with Crippen LogP contribution in [0, 0.1) is 0 Å². The van der Waals surface area contributed by atoms with Crippen LogP contribution < -0.4 is 0 Å². The standard InChI is InChI=1S/2C49H32N2.C43H28N2/c1-3-11-36(12-4-1)43-32-46(50-45-29-27-37-13-7-8-16-41(37)49(43)45)38-25-23-34(24-26-38)33-19-21-35(22-20-33)39-28-30-48-44(31-39)42-17-9-10-18-47(42)51(48)40-14-5-2-6-15-40;1-2-11-36(12-3-1)44-32-46(50-45-30-29-37-13-4-5-16-41(37)49(44)45)38-27-25-34(26-28-38)33-21-23-35(24-22-33)39-14-10-15-40(31-39)51-47-19-8-6-17-42(47)43-18-7-9-20-48(43)51;1-2-10-31(11-3-1)38-28-40(44-39-27-24-32-12-4-5-13-35(32)43(38)39)33-20-18-29(19-21-33)30-22-25-34(26-23-30)45-41-16-8-6-14-36(41)37-15-7-9-17-42(37)45/h2*1-32H;1-28H.